The SMILES string of the molecule is O=C(NCC(O)CN1CCc2ccsc2C1)N1CCC(c2ccccc2)C1. The number of thiophene rings is 1. The van der Waals surface area contributed by atoms with E-state index in [0.717, 1.165) is 39.0 Å². The van der Waals surface area contributed by atoms with Gasteiger partial charge in [0.25, 0.3) is 0 Å². The zero-order valence-corrected chi connectivity index (χ0v) is 16.3. The molecular weight excluding hydrogens is 358 g/mol. The normalized spacial score (nSPS) is 21.1. The fourth-order valence-electron chi connectivity index (χ4n) is 4.07. The molecule has 1 aromatic heterocycles. The van der Waals surface area contributed by atoms with Gasteiger partial charge >= 0.3 is 6.03 Å². The summed E-state index contributed by atoms with van der Waals surface area (Å²) in [6.07, 6.45) is 1.51. The second-order valence-electron chi connectivity index (χ2n) is 7.54. The molecule has 27 heavy (non-hydrogen) atoms. The Morgan fingerprint density at radius 1 is 1.26 bits per heavy atom. The second-order valence-corrected chi connectivity index (χ2v) is 8.54. The van der Waals surface area contributed by atoms with E-state index in [1.807, 2.05) is 23.1 Å². The molecule has 2 aliphatic rings. The van der Waals surface area contributed by atoms with Crippen LogP contribution in [0.15, 0.2) is 41.8 Å². The van der Waals surface area contributed by atoms with Crippen molar-refractivity contribution in [3.8, 4) is 0 Å². The summed E-state index contributed by atoms with van der Waals surface area (Å²) < 4.78 is 0. The maximum Gasteiger partial charge on any atom is 0.317 e. The van der Waals surface area contributed by atoms with E-state index in [4.69, 9.17) is 0 Å². The van der Waals surface area contributed by atoms with Gasteiger partial charge in [-0.05, 0) is 35.4 Å². The third kappa shape index (κ3) is 4.51. The number of nitrogens with zero attached hydrogens (tertiary/aromatic N) is 2. The Bertz CT molecular complexity index is 764. The van der Waals surface area contributed by atoms with Gasteiger partial charge in [-0.25, -0.2) is 4.79 Å². The van der Waals surface area contributed by atoms with Crippen LogP contribution in [0.25, 0.3) is 0 Å². The minimum absolute atomic E-state index is 0.0633. The molecule has 2 aromatic rings. The van der Waals surface area contributed by atoms with E-state index in [2.05, 4.69) is 33.8 Å². The fourth-order valence-corrected chi connectivity index (χ4v) is 5.04. The lowest BCUT2D eigenvalue weighted by Crippen LogP contribution is -2.45. The summed E-state index contributed by atoms with van der Waals surface area (Å²) in [5, 5.41) is 15.4. The standard InChI is InChI=1S/C21H27N3O2S/c25-19(14-23-9-6-17-8-11-27-20(17)15-23)12-22-21(26)24-10-7-18(13-24)16-4-2-1-3-5-16/h1-5,8,11,18-19,25H,6-7,9-10,12-15H2,(H,22,26). The Kier molecular flexibility index (Phi) is 5.76. The van der Waals surface area contributed by atoms with Crippen molar-refractivity contribution >= 4 is 17.4 Å². The number of hydrogen-bond acceptors (Lipinski definition) is 4. The average molecular weight is 386 g/mol. The van der Waals surface area contributed by atoms with Gasteiger partial charge < -0.3 is 15.3 Å². The largest absolute Gasteiger partial charge is 0.390 e. The molecule has 2 N–H and O–H groups in total. The molecule has 0 saturated carbocycles. The first-order valence-electron chi connectivity index (χ1n) is 9.72. The van der Waals surface area contributed by atoms with E-state index in [9.17, 15) is 9.90 Å². The summed E-state index contributed by atoms with van der Waals surface area (Å²) in [6.45, 7) is 4.31. The summed E-state index contributed by atoms with van der Waals surface area (Å²) in [4.78, 5) is 18.0. The van der Waals surface area contributed by atoms with Crippen LogP contribution in [0.1, 0.15) is 28.3 Å². The molecule has 0 spiro atoms. The van der Waals surface area contributed by atoms with Crippen molar-refractivity contribution in [2.75, 3.05) is 32.7 Å². The van der Waals surface area contributed by atoms with Gasteiger partial charge in [0.1, 0.15) is 0 Å². The highest BCUT2D eigenvalue weighted by Crippen LogP contribution is 2.27. The Morgan fingerprint density at radius 2 is 2.11 bits per heavy atom. The maximum atomic E-state index is 12.4. The molecule has 2 unspecified atom stereocenters. The van der Waals surface area contributed by atoms with Crippen LogP contribution in [0.5, 0.6) is 0 Å². The number of nitrogens with one attached hydrogen (secondary N) is 1. The maximum absolute atomic E-state index is 12.4. The van der Waals surface area contributed by atoms with E-state index in [1.54, 1.807) is 11.3 Å². The average Bonchev–Trinajstić information content (AvgIpc) is 3.36. The van der Waals surface area contributed by atoms with Crippen molar-refractivity contribution in [1.29, 1.82) is 0 Å². The van der Waals surface area contributed by atoms with Gasteiger partial charge in [-0.15, -0.1) is 11.3 Å². The zero-order chi connectivity index (χ0) is 18.6. The third-order valence-electron chi connectivity index (χ3n) is 5.61. The van der Waals surface area contributed by atoms with Crippen molar-refractivity contribution in [2.45, 2.75) is 31.4 Å². The van der Waals surface area contributed by atoms with E-state index in [0.29, 0.717) is 19.0 Å². The zero-order valence-electron chi connectivity index (χ0n) is 15.5. The number of carbonyl (C=O) groups excluding carboxylic acids is 1. The lowest BCUT2D eigenvalue weighted by atomic mass is 9.99. The lowest BCUT2D eigenvalue weighted by Gasteiger charge is -2.29. The topological polar surface area (TPSA) is 55.8 Å². The molecule has 2 aliphatic heterocycles. The molecule has 4 rings (SSSR count). The molecule has 6 heteroatoms. The molecule has 5 nitrogen and oxygen atoms in total. The highest BCUT2D eigenvalue weighted by atomic mass is 32.1. The van der Waals surface area contributed by atoms with E-state index < -0.39 is 6.10 Å². The number of benzene rings is 1. The Hall–Kier alpha value is -1.89. The van der Waals surface area contributed by atoms with Gasteiger partial charge in [0.2, 0.25) is 0 Å². The predicted octanol–water partition coefficient (Wildman–Crippen LogP) is 2.67. The van der Waals surface area contributed by atoms with Gasteiger partial charge in [0.15, 0.2) is 0 Å². The van der Waals surface area contributed by atoms with Crippen molar-refractivity contribution in [3.63, 3.8) is 0 Å². The molecule has 0 bridgehead atoms. The predicted molar refractivity (Wildman–Crippen MR) is 108 cm³/mol. The highest BCUT2D eigenvalue weighted by Gasteiger charge is 2.27. The van der Waals surface area contributed by atoms with Gasteiger partial charge in [0, 0.05) is 50.1 Å². The first-order chi connectivity index (χ1) is 13.2. The van der Waals surface area contributed by atoms with Crippen molar-refractivity contribution in [3.05, 3.63) is 57.8 Å². The first kappa shape index (κ1) is 18.5. The van der Waals surface area contributed by atoms with E-state index in [1.165, 1.54) is 16.0 Å². The Morgan fingerprint density at radius 3 is 2.96 bits per heavy atom. The lowest BCUT2D eigenvalue weighted by molar-refractivity contribution is 0.105. The molecule has 0 radical (unpaired) electrons. The van der Waals surface area contributed by atoms with Crippen LogP contribution in [0.2, 0.25) is 0 Å². The van der Waals surface area contributed by atoms with Crippen molar-refractivity contribution in [2.24, 2.45) is 0 Å². The summed E-state index contributed by atoms with van der Waals surface area (Å²) in [5.74, 6) is 0.412. The van der Waals surface area contributed by atoms with Gasteiger partial charge in [-0.1, -0.05) is 30.3 Å². The van der Waals surface area contributed by atoms with Crippen LogP contribution in [0.3, 0.4) is 0 Å². The molecule has 1 aromatic carbocycles. The number of likely N-dealkylation sites (tertiary alicyclic amines) is 1. The third-order valence-corrected chi connectivity index (χ3v) is 6.55. The molecule has 0 aliphatic carbocycles. The van der Waals surface area contributed by atoms with E-state index >= 15 is 0 Å². The molecule has 2 amide bonds. The number of aliphatic hydroxyl groups is 1. The fraction of sp³-hybridized carbons (Fsp3) is 0.476. The molecular formula is C21H27N3O2S. The monoisotopic (exact) mass is 385 g/mol. The Labute approximate surface area is 164 Å². The molecule has 2 atom stereocenters. The summed E-state index contributed by atoms with van der Waals surface area (Å²) in [7, 11) is 0. The quantitative estimate of drug-likeness (QED) is 0.832. The van der Waals surface area contributed by atoms with Crippen LogP contribution in [-0.4, -0.2) is 59.8 Å². The van der Waals surface area contributed by atoms with Crippen LogP contribution in [0, 0.1) is 0 Å². The first-order valence-corrected chi connectivity index (χ1v) is 10.6. The summed E-state index contributed by atoms with van der Waals surface area (Å²) in [5.41, 5.74) is 2.74. The highest BCUT2D eigenvalue weighted by molar-refractivity contribution is 7.10. The number of urea groups is 1. The van der Waals surface area contributed by atoms with Gasteiger partial charge in [-0.2, -0.15) is 0 Å². The Balaban J connectivity index is 1.20. The number of amides is 2. The second kappa shape index (κ2) is 8.42. The number of rotatable bonds is 5. The number of β-amino-alcohol motifs (C(OH)–C–C–N with tert-alkyl or cyclic N) is 1. The van der Waals surface area contributed by atoms with E-state index in [-0.39, 0.29) is 6.03 Å². The van der Waals surface area contributed by atoms with Crippen LogP contribution >= 0.6 is 11.3 Å². The summed E-state index contributed by atoms with van der Waals surface area (Å²) >= 11 is 1.79. The number of hydrogen-bond donors (Lipinski definition) is 2. The van der Waals surface area contributed by atoms with Gasteiger partial charge in [-0.3, -0.25) is 4.90 Å². The van der Waals surface area contributed by atoms with Crippen LogP contribution < -0.4 is 5.32 Å². The number of aliphatic hydroxyl groups excluding tert-OH is 1. The smallest absolute Gasteiger partial charge is 0.317 e. The van der Waals surface area contributed by atoms with Crippen molar-refractivity contribution in [1.82, 2.24) is 15.1 Å². The minimum Gasteiger partial charge on any atom is -0.390 e. The number of carbonyl (C=O) groups is 1. The van der Waals surface area contributed by atoms with Gasteiger partial charge in [0.05, 0.1) is 6.10 Å². The molecule has 144 valence electrons. The number of fused-ring (bicyclic) bond motifs is 1. The minimum atomic E-state index is -0.539. The van der Waals surface area contributed by atoms with Crippen molar-refractivity contribution < 1.29 is 9.90 Å². The molecule has 1 fully saturated rings. The van der Waals surface area contributed by atoms with Crippen LogP contribution in [0.4, 0.5) is 4.79 Å². The summed E-state index contributed by atoms with van der Waals surface area (Å²) in [6, 6.07) is 12.5. The molecule has 3 heterocycles. The molecule has 1 saturated heterocycles. The van der Waals surface area contributed by atoms with Crippen LogP contribution in [-0.2, 0) is 13.0 Å².